The van der Waals surface area contributed by atoms with Crippen molar-refractivity contribution in [2.45, 2.75) is 25.2 Å². The summed E-state index contributed by atoms with van der Waals surface area (Å²) in [6, 6.07) is 11.2. The van der Waals surface area contributed by atoms with Crippen LogP contribution in [-0.2, 0) is 5.41 Å². The van der Waals surface area contributed by atoms with Crippen LogP contribution in [0.2, 0.25) is 0 Å². The van der Waals surface area contributed by atoms with E-state index in [9.17, 15) is 14.0 Å². The van der Waals surface area contributed by atoms with Crippen LogP contribution < -0.4 is 0 Å². The number of halogens is 2. The third-order valence-electron chi connectivity index (χ3n) is 5.61. The zero-order valence-electron chi connectivity index (χ0n) is 15.7. The molecule has 144 valence electrons. The number of aryl methyl sites for hydroxylation is 1. The summed E-state index contributed by atoms with van der Waals surface area (Å²) in [5.41, 5.74) is 2.00. The van der Waals surface area contributed by atoms with E-state index >= 15 is 0 Å². The van der Waals surface area contributed by atoms with Crippen molar-refractivity contribution >= 4 is 22.9 Å². The molecule has 0 saturated carbocycles. The first-order valence-corrected chi connectivity index (χ1v) is 10.3. The average Bonchev–Trinajstić information content (AvgIpc) is 3.15. The normalized spacial score (nSPS) is 17.0. The Morgan fingerprint density at radius 1 is 1.18 bits per heavy atom. The number of piperidine rings is 1. The van der Waals surface area contributed by atoms with Gasteiger partial charge in [-0.05, 0) is 55.3 Å². The maximum absolute atomic E-state index is 13.8. The van der Waals surface area contributed by atoms with Gasteiger partial charge in [0.2, 0.25) is 0 Å². The van der Waals surface area contributed by atoms with Crippen LogP contribution in [0.3, 0.4) is 0 Å². The highest BCUT2D eigenvalue weighted by molar-refractivity contribution is 7.96. The summed E-state index contributed by atoms with van der Waals surface area (Å²) >= 11 is 1.71. The van der Waals surface area contributed by atoms with Crippen LogP contribution in [0.4, 0.5) is 8.78 Å². The van der Waals surface area contributed by atoms with E-state index < -0.39 is 17.0 Å². The monoisotopic (exact) mass is 398 g/mol. The minimum absolute atomic E-state index is 0.235. The molecule has 1 fully saturated rings. The first-order chi connectivity index (χ1) is 13.5. The second kappa shape index (κ2) is 7.19. The van der Waals surface area contributed by atoms with Gasteiger partial charge in [-0.2, -0.15) is 10.4 Å². The minimum atomic E-state index is -0.890. The van der Waals surface area contributed by atoms with Gasteiger partial charge in [0.15, 0.2) is 11.6 Å². The largest absolute Gasteiger partial charge is 0.251 e. The van der Waals surface area contributed by atoms with E-state index in [-0.39, 0.29) is 5.56 Å². The highest BCUT2D eigenvalue weighted by Gasteiger charge is 2.36. The lowest BCUT2D eigenvalue weighted by Crippen LogP contribution is -2.38. The van der Waals surface area contributed by atoms with Gasteiger partial charge in [0.1, 0.15) is 0 Å². The molecule has 0 spiro atoms. The quantitative estimate of drug-likeness (QED) is 0.598. The third kappa shape index (κ3) is 3.07. The summed E-state index contributed by atoms with van der Waals surface area (Å²) in [4.78, 5) is 0. The van der Waals surface area contributed by atoms with Crippen molar-refractivity contribution in [1.82, 2.24) is 14.1 Å². The molecule has 2 heterocycles. The molecule has 4 rings (SSSR count). The summed E-state index contributed by atoms with van der Waals surface area (Å²) < 4.78 is 31.3. The van der Waals surface area contributed by atoms with Gasteiger partial charge in [-0.25, -0.2) is 13.5 Å². The molecule has 0 N–H and O–H groups in total. The molecule has 0 aliphatic carbocycles. The highest BCUT2D eigenvalue weighted by atomic mass is 32.2. The van der Waals surface area contributed by atoms with Gasteiger partial charge >= 0.3 is 0 Å². The van der Waals surface area contributed by atoms with Crippen LogP contribution in [0.5, 0.6) is 0 Å². The first kappa shape index (κ1) is 18.9. The number of hydrogen-bond acceptors (Lipinski definition) is 4. The van der Waals surface area contributed by atoms with Crippen LogP contribution in [0.25, 0.3) is 16.6 Å². The Balaban J connectivity index is 1.74. The van der Waals surface area contributed by atoms with Crippen molar-refractivity contribution < 1.29 is 8.78 Å². The van der Waals surface area contributed by atoms with Gasteiger partial charge in [0.05, 0.1) is 28.9 Å². The summed E-state index contributed by atoms with van der Waals surface area (Å²) in [7, 11) is 0. The van der Waals surface area contributed by atoms with E-state index in [2.05, 4.69) is 21.7 Å². The summed E-state index contributed by atoms with van der Waals surface area (Å²) in [6.45, 7) is 3.28. The second-order valence-corrected chi connectivity index (χ2v) is 8.08. The SMILES string of the molecule is CSN1CCC(C#N)(c2ccc3c(cnn3-c3cc(C)c(F)c(F)c3)c2)CC1. The molecular weight excluding hydrogens is 378 g/mol. The number of hydrogen-bond donors (Lipinski definition) is 0. The second-order valence-electron chi connectivity index (χ2n) is 7.19. The molecule has 3 aromatic rings. The van der Waals surface area contributed by atoms with Crippen LogP contribution in [-0.4, -0.2) is 33.4 Å². The number of fused-ring (bicyclic) bond motifs is 1. The number of nitriles is 1. The molecule has 0 amide bonds. The predicted octanol–water partition coefficient (Wildman–Crippen LogP) is 4.75. The number of rotatable bonds is 3. The standard InChI is InChI=1S/C21H20F2N4S/c1-14-9-17(11-18(22)20(14)23)27-19-4-3-16(10-15(19)12-25-27)21(13-24)5-7-26(28-2)8-6-21/h3-4,9-12H,5-8H2,1-2H3. The molecule has 2 aromatic carbocycles. The van der Waals surface area contributed by atoms with E-state index in [1.54, 1.807) is 28.9 Å². The van der Waals surface area contributed by atoms with E-state index in [1.165, 1.54) is 6.92 Å². The van der Waals surface area contributed by atoms with Gasteiger partial charge in [-0.1, -0.05) is 18.0 Å². The van der Waals surface area contributed by atoms with Gasteiger partial charge in [-0.3, -0.25) is 4.31 Å². The minimum Gasteiger partial charge on any atom is -0.251 e. The lowest BCUT2D eigenvalue weighted by molar-refractivity contribution is 0.296. The van der Waals surface area contributed by atoms with E-state index in [1.807, 2.05) is 18.2 Å². The Morgan fingerprint density at radius 3 is 2.57 bits per heavy atom. The van der Waals surface area contributed by atoms with E-state index in [0.29, 0.717) is 5.69 Å². The molecule has 1 aliphatic rings. The van der Waals surface area contributed by atoms with Gasteiger partial charge < -0.3 is 0 Å². The molecule has 0 radical (unpaired) electrons. The molecule has 0 atom stereocenters. The summed E-state index contributed by atoms with van der Waals surface area (Å²) in [5, 5.41) is 15.2. The smallest absolute Gasteiger partial charge is 0.161 e. The van der Waals surface area contributed by atoms with Crippen molar-refractivity contribution in [3.8, 4) is 11.8 Å². The van der Waals surface area contributed by atoms with Crippen LogP contribution in [0, 0.1) is 29.9 Å². The van der Waals surface area contributed by atoms with Gasteiger partial charge in [-0.15, -0.1) is 0 Å². The molecule has 7 heteroatoms. The van der Waals surface area contributed by atoms with E-state index in [4.69, 9.17) is 0 Å². The van der Waals surface area contributed by atoms with Crippen LogP contribution in [0.15, 0.2) is 36.5 Å². The highest BCUT2D eigenvalue weighted by Crippen LogP contribution is 2.37. The maximum atomic E-state index is 13.8. The third-order valence-corrected chi connectivity index (χ3v) is 6.49. The zero-order valence-corrected chi connectivity index (χ0v) is 16.6. The topological polar surface area (TPSA) is 44.9 Å². The first-order valence-electron chi connectivity index (χ1n) is 9.12. The molecule has 28 heavy (non-hydrogen) atoms. The number of benzene rings is 2. The van der Waals surface area contributed by atoms with Crippen LogP contribution in [0.1, 0.15) is 24.0 Å². The molecule has 1 aromatic heterocycles. The Morgan fingerprint density at radius 2 is 1.93 bits per heavy atom. The number of nitrogens with zero attached hydrogens (tertiary/aromatic N) is 4. The van der Waals surface area contributed by atoms with E-state index in [0.717, 1.165) is 48.5 Å². The van der Waals surface area contributed by atoms with Crippen molar-refractivity contribution in [3.05, 3.63) is 59.3 Å². The molecule has 1 aliphatic heterocycles. The lowest BCUT2D eigenvalue weighted by atomic mass is 9.74. The fourth-order valence-electron chi connectivity index (χ4n) is 3.88. The fourth-order valence-corrected chi connectivity index (χ4v) is 4.43. The molecule has 0 unspecified atom stereocenters. The fraction of sp³-hybridized carbons (Fsp3) is 0.333. The van der Waals surface area contributed by atoms with Crippen LogP contribution >= 0.6 is 11.9 Å². The maximum Gasteiger partial charge on any atom is 0.161 e. The van der Waals surface area contributed by atoms with Crippen molar-refractivity contribution in [1.29, 1.82) is 5.26 Å². The Hall–Kier alpha value is -2.43. The van der Waals surface area contributed by atoms with Gasteiger partial charge in [0, 0.05) is 24.5 Å². The molecule has 1 saturated heterocycles. The van der Waals surface area contributed by atoms with Gasteiger partial charge in [0.25, 0.3) is 0 Å². The lowest BCUT2D eigenvalue weighted by Gasteiger charge is -2.36. The summed E-state index contributed by atoms with van der Waals surface area (Å²) in [6.07, 6.45) is 5.33. The number of aromatic nitrogens is 2. The molecular formula is C21H20F2N4S. The predicted molar refractivity (Wildman–Crippen MR) is 107 cm³/mol. The van der Waals surface area contributed by atoms with Crippen molar-refractivity contribution in [2.24, 2.45) is 0 Å². The molecule has 4 nitrogen and oxygen atoms in total. The van der Waals surface area contributed by atoms with Crippen molar-refractivity contribution in [2.75, 3.05) is 19.3 Å². The average molecular weight is 398 g/mol. The summed E-state index contributed by atoms with van der Waals surface area (Å²) in [5.74, 6) is -1.73. The Kier molecular flexibility index (Phi) is 4.86. The Bertz CT molecular complexity index is 1050. The van der Waals surface area contributed by atoms with Crippen molar-refractivity contribution in [3.63, 3.8) is 0 Å². The molecule has 0 bridgehead atoms. The zero-order chi connectivity index (χ0) is 19.9. The Labute approximate surface area is 166 Å².